The molecule has 6 heteroatoms. The van der Waals surface area contributed by atoms with E-state index in [1.54, 1.807) is 12.1 Å². The lowest BCUT2D eigenvalue weighted by Crippen LogP contribution is -2.19. The molecule has 0 unspecified atom stereocenters. The summed E-state index contributed by atoms with van der Waals surface area (Å²) >= 11 is 0. The van der Waals surface area contributed by atoms with Gasteiger partial charge < -0.3 is 20.1 Å². The topological polar surface area (TPSA) is 76.7 Å². The van der Waals surface area contributed by atoms with Gasteiger partial charge in [0.05, 0.1) is 11.4 Å². The van der Waals surface area contributed by atoms with E-state index in [0.717, 1.165) is 0 Å². The minimum absolute atomic E-state index is 0.196. The molecule has 0 atom stereocenters. The Morgan fingerprint density at radius 3 is 1.67 bits per heavy atom. The van der Waals surface area contributed by atoms with Crippen LogP contribution >= 0.6 is 0 Å². The van der Waals surface area contributed by atoms with Crippen LogP contribution in [0.2, 0.25) is 0 Å². The Morgan fingerprint density at radius 1 is 0.944 bits per heavy atom. The van der Waals surface area contributed by atoms with Gasteiger partial charge in [0.25, 0.3) is 0 Å². The Kier molecular flexibility index (Phi) is 3.36. The van der Waals surface area contributed by atoms with Gasteiger partial charge in [-0.1, -0.05) is 0 Å². The van der Waals surface area contributed by atoms with Crippen molar-refractivity contribution in [1.29, 1.82) is 0 Å². The highest BCUT2D eigenvalue weighted by Gasteiger charge is 2.21. The summed E-state index contributed by atoms with van der Waals surface area (Å²) in [7, 11) is 0. The highest BCUT2D eigenvalue weighted by molar-refractivity contribution is 5.95. The molecule has 1 aliphatic rings. The molecule has 0 saturated heterocycles. The van der Waals surface area contributed by atoms with Crippen molar-refractivity contribution in [2.45, 2.75) is 13.8 Å². The molecule has 6 nitrogen and oxygen atoms in total. The third-order valence-corrected chi connectivity index (χ3v) is 2.31. The van der Waals surface area contributed by atoms with Crippen molar-refractivity contribution in [1.82, 2.24) is 0 Å². The molecule has 0 saturated carbocycles. The fourth-order valence-corrected chi connectivity index (χ4v) is 1.71. The number of rotatable bonds is 2. The molecule has 0 bridgehead atoms. The van der Waals surface area contributed by atoms with Crippen molar-refractivity contribution in [2.75, 3.05) is 23.8 Å². The van der Waals surface area contributed by atoms with Crippen molar-refractivity contribution in [2.24, 2.45) is 0 Å². The van der Waals surface area contributed by atoms with Gasteiger partial charge in [-0.25, -0.2) is 0 Å². The van der Waals surface area contributed by atoms with Gasteiger partial charge in [0, 0.05) is 13.8 Å². The number of amides is 2. The molecule has 2 rings (SSSR count). The minimum atomic E-state index is -0.196. The molecule has 0 fully saturated rings. The van der Waals surface area contributed by atoms with Gasteiger partial charge >= 0.3 is 0 Å². The molecule has 0 spiro atoms. The van der Waals surface area contributed by atoms with Crippen LogP contribution in [0.15, 0.2) is 12.1 Å². The van der Waals surface area contributed by atoms with Gasteiger partial charge in [0.2, 0.25) is 11.8 Å². The van der Waals surface area contributed by atoms with E-state index < -0.39 is 0 Å². The number of carbonyl (C=O) groups excluding carboxylic acids is 2. The predicted molar refractivity (Wildman–Crippen MR) is 66.0 cm³/mol. The van der Waals surface area contributed by atoms with Crippen LogP contribution in [0.25, 0.3) is 0 Å². The number of ether oxygens (including phenoxy) is 2. The van der Waals surface area contributed by atoms with Gasteiger partial charge in [-0.2, -0.15) is 0 Å². The molecule has 1 aromatic rings. The summed E-state index contributed by atoms with van der Waals surface area (Å²) in [6, 6.07) is 3.33. The van der Waals surface area contributed by atoms with Gasteiger partial charge in [-0.05, 0) is 12.1 Å². The molecular formula is C12H14N2O4. The largest absolute Gasteiger partial charge is 0.484 e. The Balaban J connectivity index is 2.41. The average molecular weight is 250 g/mol. The minimum Gasteiger partial charge on any atom is -0.484 e. The normalized spacial score (nSPS) is 12.8. The summed E-state index contributed by atoms with van der Waals surface area (Å²) in [5.74, 6) is 0.503. The first-order chi connectivity index (χ1) is 8.58. The molecule has 96 valence electrons. The number of anilines is 2. The molecule has 0 aromatic heterocycles. The van der Waals surface area contributed by atoms with Gasteiger partial charge in [0.1, 0.15) is 13.2 Å². The van der Waals surface area contributed by atoms with E-state index in [2.05, 4.69) is 10.6 Å². The standard InChI is InChI=1S/C12H14N2O4/c1-7(15)13-9-3-4-10(14-8(2)16)12-11(9)17-5-6-18-12/h3-4H,5-6H2,1-2H3,(H,13,15)(H,14,16). The van der Waals surface area contributed by atoms with Crippen LogP contribution in [0, 0.1) is 0 Å². The predicted octanol–water partition coefficient (Wildman–Crippen LogP) is 1.37. The van der Waals surface area contributed by atoms with Crippen LogP contribution in [-0.2, 0) is 9.59 Å². The zero-order chi connectivity index (χ0) is 13.1. The fourth-order valence-electron chi connectivity index (χ4n) is 1.71. The Bertz CT molecular complexity index is 454. The molecule has 1 aliphatic heterocycles. The van der Waals surface area contributed by atoms with Crippen LogP contribution in [0.3, 0.4) is 0 Å². The lowest BCUT2D eigenvalue weighted by atomic mass is 10.2. The summed E-state index contributed by atoms with van der Waals surface area (Å²) in [5, 5.41) is 5.31. The number of carbonyl (C=O) groups is 2. The van der Waals surface area contributed by atoms with Crippen LogP contribution in [0.1, 0.15) is 13.8 Å². The van der Waals surface area contributed by atoms with Gasteiger partial charge in [-0.15, -0.1) is 0 Å². The Hall–Kier alpha value is -2.24. The van der Waals surface area contributed by atoms with E-state index in [-0.39, 0.29) is 11.8 Å². The number of hydrogen-bond donors (Lipinski definition) is 2. The van der Waals surface area contributed by atoms with E-state index in [0.29, 0.717) is 36.1 Å². The number of fused-ring (bicyclic) bond motifs is 1. The quantitative estimate of drug-likeness (QED) is 0.831. The summed E-state index contributed by atoms with van der Waals surface area (Å²) < 4.78 is 11.0. The first-order valence-corrected chi connectivity index (χ1v) is 5.55. The van der Waals surface area contributed by atoms with E-state index in [4.69, 9.17) is 9.47 Å². The molecule has 2 N–H and O–H groups in total. The first-order valence-electron chi connectivity index (χ1n) is 5.55. The maximum atomic E-state index is 11.1. The first kappa shape index (κ1) is 12.2. The molecule has 18 heavy (non-hydrogen) atoms. The highest BCUT2D eigenvalue weighted by atomic mass is 16.6. The van der Waals surface area contributed by atoms with Crippen LogP contribution in [0.5, 0.6) is 11.5 Å². The summed E-state index contributed by atoms with van der Waals surface area (Å²) in [6.45, 7) is 3.64. The Labute approximate surface area is 104 Å². The van der Waals surface area contributed by atoms with E-state index in [1.807, 2.05) is 0 Å². The van der Waals surface area contributed by atoms with Crippen LogP contribution < -0.4 is 20.1 Å². The lowest BCUT2D eigenvalue weighted by molar-refractivity contribution is -0.115. The van der Waals surface area contributed by atoms with Crippen molar-refractivity contribution in [3.63, 3.8) is 0 Å². The van der Waals surface area contributed by atoms with E-state index in [1.165, 1.54) is 13.8 Å². The summed E-state index contributed by atoms with van der Waals surface area (Å²) in [4.78, 5) is 22.2. The van der Waals surface area contributed by atoms with Crippen molar-refractivity contribution in [3.05, 3.63) is 12.1 Å². The third-order valence-electron chi connectivity index (χ3n) is 2.31. The molecule has 2 amide bonds. The molecular weight excluding hydrogens is 236 g/mol. The molecule has 1 aromatic carbocycles. The SMILES string of the molecule is CC(=O)Nc1ccc(NC(C)=O)c2c1OCCO2. The lowest BCUT2D eigenvalue weighted by Gasteiger charge is -2.23. The van der Waals surface area contributed by atoms with Crippen LogP contribution in [-0.4, -0.2) is 25.0 Å². The fraction of sp³-hybridized carbons (Fsp3) is 0.333. The number of nitrogens with one attached hydrogen (secondary N) is 2. The number of benzene rings is 1. The smallest absolute Gasteiger partial charge is 0.221 e. The molecule has 0 aliphatic carbocycles. The van der Waals surface area contributed by atoms with Gasteiger partial charge in [0.15, 0.2) is 11.5 Å². The van der Waals surface area contributed by atoms with Crippen LogP contribution in [0.4, 0.5) is 11.4 Å². The zero-order valence-corrected chi connectivity index (χ0v) is 10.2. The van der Waals surface area contributed by atoms with E-state index >= 15 is 0 Å². The summed E-state index contributed by atoms with van der Waals surface area (Å²) in [5.41, 5.74) is 1.07. The maximum absolute atomic E-state index is 11.1. The third kappa shape index (κ3) is 2.53. The maximum Gasteiger partial charge on any atom is 0.221 e. The van der Waals surface area contributed by atoms with Crippen molar-refractivity contribution < 1.29 is 19.1 Å². The molecule has 1 heterocycles. The summed E-state index contributed by atoms with van der Waals surface area (Å²) in [6.07, 6.45) is 0. The zero-order valence-electron chi connectivity index (χ0n) is 10.2. The van der Waals surface area contributed by atoms with Crippen molar-refractivity contribution in [3.8, 4) is 11.5 Å². The average Bonchev–Trinajstić information content (AvgIpc) is 2.31. The second kappa shape index (κ2) is 4.95. The number of hydrogen-bond acceptors (Lipinski definition) is 4. The van der Waals surface area contributed by atoms with Crippen molar-refractivity contribution >= 4 is 23.2 Å². The Morgan fingerprint density at radius 2 is 1.33 bits per heavy atom. The van der Waals surface area contributed by atoms with Gasteiger partial charge in [-0.3, -0.25) is 9.59 Å². The highest BCUT2D eigenvalue weighted by Crippen LogP contribution is 2.43. The second-order valence-electron chi connectivity index (χ2n) is 3.88. The molecule has 0 radical (unpaired) electrons. The monoisotopic (exact) mass is 250 g/mol. The second-order valence-corrected chi connectivity index (χ2v) is 3.88. The van der Waals surface area contributed by atoms with E-state index in [9.17, 15) is 9.59 Å².